The number of hydrogen-bond acceptors (Lipinski definition) is 3. The lowest BCUT2D eigenvalue weighted by atomic mass is 9.85. The Bertz CT molecular complexity index is 535. The first kappa shape index (κ1) is 15.5. The first-order valence-electron chi connectivity index (χ1n) is 7.68. The van der Waals surface area contributed by atoms with Crippen molar-refractivity contribution in [3.63, 3.8) is 0 Å². The predicted octanol–water partition coefficient (Wildman–Crippen LogP) is 2.42. The summed E-state index contributed by atoms with van der Waals surface area (Å²) >= 11 is 0. The first-order chi connectivity index (χ1) is 10.2. The van der Waals surface area contributed by atoms with E-state index in [1.165, 1.54) is 0 Å². The smallest absolute Gasteiger partial charge is 0.226 e. The van der Waals surface area contributed by atoms with E-state index in [9.17, 15) is 4.79 Å². The van der Waals surface area contributed by atoms with Crippen LogP contribution in [-0.4, -0.2) is 23.4 Å². The van der Waals surface area contributed by atoms with Gasteiger partial charge >= 0.3 is 0 Å². The molecule has 2 rings (SSSR count). The molecule has 1 amide bonds. The molecule has 1 aromatic rings. The number of hydrogen-bond donors (Lipinski definition) is 1. The summed E-state index contributed by atoms with van der Waals surface area (Å²) in [7, 11) is 0. The van der Waals surface area contributed by atoms with Crippen LogP contribution < -0.4 is 5.73 Å². The van der Waals surface area contributed by atoms with Crippen LogP contribution in [-0.2, 0) is 11.3 Å². The van der Waals surface area contributed by atoms with Gasteiger partial charge < -0.3 is 10.6 Å². The van der Waals surface area contributed by atoms with Crippen molar-refractivity contribution in [3.8, 4) is 6.07 Å². The van der Waals surface area contributed by atoms with Crippen molar-refractivity contribution in [1.82, 2.24) is 4.90 Å². The maximum absolute atomic E-state index is 12.7. The van der Waals surface area contributed by atoms with E-state index in [0.717, 1.165) is 31.2 Å². The van der Waals surface area contributed by atoms with E-state index in [0.29, 0.717) is 18.7 Å². The second-order valence-corrected chi connectivity index (χ2v) is 5.74. The molecule has 0 saturated heterocycles. The molecule has 0 heterocycles. The third kappa shape index (κ3) is 3.83. The third-order valence-electron chi connectivity index (χ3n) is 4.26. The fourth-order valence-electron chi connectivity index (χ4n) is 3.03. The van der Waals surface area contributed by atoms with E-state index in [1.54, 1.807) is 6.07 Å². The zero-order valence-electron chi connectivity index (χ0n) is 12.6. The topological polar surface area (TPSA) is 70.1 Å². The molecule has 4 nitrogen and oxygen atoms in total. The van der Waals surface area contributed by atoms with Crippen molar-refractivity contribution in [2.75, 3.05) is 6.54 Å². The molecule has 1 aliphatic carbocycles. The van der Waals surface area contributed by atoms with Crippen LogP contribution in [0.4, 0.5) is 0 Å². The average Bonchev–Trinajstić information content (AvgIpc) is 2.52. The van der Waals surface area contributed by atoms with Gasteiger partial charge in [-0.3, -0.25) is 4.79 Å². The summed E-state index contributed by atoms with van der Waals surface area (Å²) in [4.78, 5) is 14.5. The molecule has 0 spiro atoms. The monoisotopic (exact) mass is 285 g/mol. The summed E-state index contributed by atoms with van der Waals surface area (Å²) < 4.78 is 0. The van der Waals surface area contributed by atoms with Crippen molar-refractivity contribution >= 4 is 5.91 Å². The summed E-state index contributed by atoms with van der Waals surface area (Å²) in [6, 6.07) is 9.81. The van der Waals surface area contributed by atoms with Crippen molar-refractivity contribution in [2.24, 2.45) is 11.7 Å². The first-order valence-corrected chi connectivity index (χ1v) is 7.68. The Morgan fingerprint density at radius 3 is 2.86 bits per heavy atom. The number of benzene rings is 1. The number of carbonyl (C=O) groups excluding carboxylic acids is 1. The van der Waals surface area contributed by atoms with Crippen molar-refractivity contribution < 1.29 is 4.79 Å². The standard InChI is InChI=1S/C17H23N3O/c1-2-20(12-15-7-4-3-6-14(15)11-18)17(21)13-8-5-9-16(19)10-13/h3-4,6-7,13,16H,2,5,8-10,12,19H2,1H3. The highest BCUT2D eigenvalue weighted by Crippen LogP contribution is 2.25. The molecule has 2 unspecified atom stereocenters. The third-order valence-corrected chi connectivity index (χ3v) is 4.26. The van der Waals surface area contributed by atoms with Crippen molar-refractivity contribution in [1.29, 1.82) is 5.26 Å². The Morgan fingerprint density at radius 1 is 1.43 bits per heavy atom. The molecule has 4 heteroatoms. The highest BCUT2D eigenvalue weighted by atomic mass is 16.2. The number of nitrogens with two attached hydrogens (primary N) is 1. The zero-order valence-corrected chi connectivity index (χ0v) is 12.6. The van der Waals surface area contributed by atoms with Crippen LogP contribution in [0.2, 0.25) is 0 Å². The van der Waals surface area contributed by atoms with Gasteiger partial charge in [0.15, 0.2) is 0 Å². The maximum atomic E-state index is 12.7. The van der Waals surface area contributed by atoms with Gasteiger partial charge in [0.25, 0.3) is 0 Å². The SMILES string of the molecule is CCN(Cc1ccccc1C#N)C(=O)C1CCCC(N)C1. The van der Waals surface area contributed by atoms with Gasteiger partial charge in [0.05, 0.1) is 11.6 Å². The van der Waals surface area contributed by atoms with Gasteiger partial charge in [-0.2, -0.15) is 5.26 Å². The van der Waals surface area contributed by atoms with Crippen LogP contribution in [0.1, 0.15) is 43.7 Å². The molecule has 1 aromatic carbocycles. The summed E-state index contributed by atoms with van der Waals surface area (Å²) in [5, 5.41) is 9.16. The molecule has 0 aromatic heterocycles. The van der Waals surface area contributed by atoms with Crippen LogP contribution in [0.3, 0.4) is 0 Å². The molecule has 2 N–H and O–H groups in total. The molecule has 0 bridgehead atoms. The number of carbonyl (C=O) groups is 1. The predicted molar refractivity (Wildman–Crippen MR) is 82.2 cm³/mol. The van der Waals surface area contributed by atoms with Gasteiger partial charge in [-0.05, 0) is 37.8 Å². The number of nitrogens with zero attached hydrogens (tertiary/aromatic N) is 2. The van der Waals surface area contributed by atoms with Crippen LogP contribution in [0.15, 0.2) is 24.3 Å². The fraction of sp³-hybridized carbons (Fsp3) is 0.529. The quantitative estimate of drug-likeness (QED) is 0.923. The second-order valence-electron chi connectivity index (χ2n) is 5.74. The van der Waals surface area contributed by atoms with E-state index >= 15 is 0 Å². The van der Waals surface area contributed by atoms with Gasteiger partial charge in [0.2, 0.25) is 5.91 Å². The van der Waals surface area contributed by atoms with E-state index in [-0.39, 0.29) is 17.9 Å². The lowest BCUT2D eigenvalue weighted by Crippen LogP contribution is -2.40. The number of amides is 1. The highest BCUT2D eigenvalue weighted by Gasteiger charge is 2.28. The van der Waals surface area contributed by atoms with Crippen molar-refractivity contribution in [2.45, 2.75) is 45.2 Å². The second kappa shape index (κ2) is 7.24. The lowest BCUT2D eigenvalue weighted by molar-refractivity contribution is -0.137. The van der Waals surface area contributed by atoms with Crippen molar-refractivity contribution in [3.05, 3.63) is 35.4 Å². The van der Waals surface area contributed by atoms with Crippen LogP contribution >= 0.6 is 0 Å². The Balaban J connectivity index is 2.09. The fourth-order valence-corrected chi connectivity index (χ4v) is 3.03. The van der Waals surface area contributed by atoms with Gasteiger partial charge in [-0.1, -0.05) is 24.6 Å². The molecule has 0 radical (unpaired) electrons. The van der Waals surface area contributed by atoms with Crippen LogP contribution in [0.25, 0.3) is 0 Å². The molecule has 1 fully saturated rings. The molecule has 1 saturated carbocycles. The Kier molecular flexibility index (Phi) is 5.35. The minimum atomic E-state index is 0.0444. The number of rotatable bonds is 4. The summed E-state index contributed by atoms with van der Waals surface area (Å²) in [6.45, 7) is 3.14. The Hall–Kier alpha value is -1.86. The van der Waals surface area contributed by atoms with E-state index < -0.39 is 0 Å². The highest BCUT2D eigenvalue weighted by molar-refractivity contribution is 5.79. The summed E-state index contributed by atoms with van der Waals surface area (Å²) in [5.74, 6) is 0.225. The Morgan fingerprint density at radius 2 is 2.19 bits per heavy atom. The normalized spacial score (nSPS) is 21.6. The minimum absolute atomic E-state index is 0.0444. The van der Waals surface area contributed by atoms with Crippen LogP contribution in [0.5, 0.6) is 0 Å². The van der Waals surface area contributed by atoms with Gasteiger partial charge in [0, 0.05) is 25.0 Å². The van der Waals surface area contributed by atoms with Gasteiger partial charge in [-0.15, -0.1) is 0 Å². The molecular weight excluding hydrogens is 262 g/mol. The van der Waals surface area contributed by atoms with Crippen LogP contribution in [0, 0.1) is 17.2 Å². The molecule has 21 heavy (non-hydrogen) atoms. The van der Waals surface area contributed by atoms with E-state index in [4.69, 9.17) is 11.0 Å². The largest absolute Gasteiger partial charge is 0.338 e. The Labute approximate surface area is 126 Å². The maximum Gasteiger partial charge on any atom is 0.226 e. The molecule has 2 atom stereocenters. The average molecular weight is 285 g/mol. The summed E-state index contributed by atoms with van der Waals surface area (Å²) in [6.07, 6.45) is 3.77. The zero-order chi connectivity index (χ0) is 15.2. The number of nitriles is 1. The van der Waals surface area contributed by atoms with Gasteiger partial charge in [0.1, 0.15) is 0 Å². The lowest BCUT2D eigenvalue weighted by Gasteiger charge is -2.31. The molecule has 112 valence electrons. The van der Waals surface area contributed by atoms with E-state index in [1.807, 2.05) is 30.0 Å². The molecular formula is C17H23N3O. The van der Waals surface area contributed by atoms with E-state index in [2.05, 4.69) is 6.07 Å². The van der Waals surface area contributed by atoms with Gasteiger partial charge in [-0.25, -0.2) is 0 Å². The molecule has 0 aliphatic heterocycles. The minimum Gasteiger partial charge on any atom is -0.338 e. The molecule has 1 aliphatic rings. The summed E-state index contributed by atoms with van der Waals surface area (Å²) in [5.41, 5.74) is 7.54.